The van der Waals surface area contributed by atoms with Gasteiger partial charge >= 0.3 is 5.97 Å². The summed E-state index contributed by atoms with van der Waals surface area (Å²) < 4.78 is 22.0. The fourth-order valence-electron chi connectivity index (χ4n) is 6.25. The minimum Gasteiger partial charge on any atom is -0.478 e. The van der Waals surface area contributed by atoms with Gasteiger partial charge in [-0.2, -0.15) is 0 Å². The van der Waals surface area contributed by atoms with E-state index in [1.807, 2.05) is 44.4 Å². The molecule has 0 radical (unpaired) electrons. The number of piperidine rings is 1. The van der Waals surface area contributed by atoms with E-state index in [0.29, 0.717) is 53.0 Å². The normalized spacial score (nSPS) is 14.2. The largest absolute Gasteiger partial charge is 0.478 e. The molecular weight excluding hydrogens is 635 g/mol. The van der Waals surface area contributed by atoms with E-state index < -0.39 is 17.2 Å². The predicted molar refractivity (Wildman–Crippen MR) is 184 cm³/mol. The van der Waals surface area contributed by atoms with Gasteiger partial charge in [0.1, 0.15) is 12.4 Å². The van der Waals surface area contributed by atoms with Crippen molar-refractivity contribution >= 4 is 34.9 Å². The molecule has 1 aliphatic rings. The molecule has 4 aromatic rings. The molecular formula is C36H42ClFN6O4. The van der Waals surface area contributed by atoms with E-state index in [0.717, 1.165) is 24.2 Å². The molecule has 1 aliphatic heterocycles. The first kappa shape index (κ1) is 34.8. The number of hydrogen-bond donors (Lipinski definition) is 2. The topological polar surface area (TPSA) is 127 Å². The second kappa shape index (κ2) is 14.7. The van der Waals surface area contributed by atoms with Crippen molar-refractivity contribution in [1.82, 2.24) is 19.4 Å². The fraction of sp³-hybridized carbons (Fsp3) is 0.389. The first-order chi connectivity index (χ1) is 22.8. The maximum Gasteiger partial charge on any atom is 0.336 e. The number of halogens is 2. The zero-order valence-corrected chi connectivity index (χ0v) is 28.5. The van der Waals surface area contributed by atoms with Crippen molar-refractivity contribution in [1.29, 1.82) is 0 Å². The van der Waals surface area contributed by atoms with Gasteiger partial charge in [-0.15, -0.1) is 0 Å². The summed E-state index contributed by atoms with van der Waals surface area (Å²) in [6.45, 7) is 10.1. The van der Waals surface area contributed by atoms with Crippen molar-refractivity contribution in [3.05, 3.63) is 100.0 Å². The maximum absolute atomic E-state index is 14.3. The van der Waals surface area contributed by atoms with E-state index in [1.54, 1.807) is 41.7 Å². The molecule has 5 rings (SSSR count). The Bertz CT molecular complexity index is 1780. The number of carbonyl (C=O) groups is 2. The van der Waals surface area contributed by atoms with Crippen LogP contribution in [0.1, 0.15) is 79.3 Å². The molecule has 0 atom stereocenters. The molecule has 254 valence electrons. The van der Waals surface area contributed by atoms with Crippen LogP contribution in [-0.2, 0) is 29.9 Å². The summed E-state index contributed by atoms with van der Waals surface area (Å²) in [5, 5.41) is 10.4. The van der Waals surface area contributed by atoms with E-state index in [-0.39, 0.29) is 37.1 Å². The minimum atomic E-state index is -1.07. The number of nitrogen functional groups attached to an aromatic ring is 1. The van der Waals surface area contributed by atoms with Gasteiger partial charge < -0.3 is 25.0 Å². The number of hydrogen-bond acceptors (Lipinski definition) is 7. The number of amides is 1. The number of imidazole rings is 1. The monoisotopic (exact) mass is 676 g/mol. The Hall–Kier alpha value is -4.48. The molecule has 1 fully saturated rings. The molecule has 3 N–H and O–H groups in total. The van der Waals surface area contributed by atoms with Crippen LogP contribution in [0.25, 0.3) is 0 Å². The lowest BCUT2D eigenvalue weighted by atomic mass is 9.81. The molecule has 1 amide bonds. The molecule has 3 heterocycles. The molecule has 0 aliphatic carbocycles. The van der Waals surface area contributed by atoms with E-state index >= 15 is 0 Å². The molecule has 1 saturated heterocycles. The second-order valence-corrected chi connectivity index (χ2v) is 13.5. The Morgan fingerprint density at radius 2 is 1.90 bits per heavy atom. The molecule has 2 aromatic heterocycles. The molecule has 12 heteroatoms. The van der Waals surface area contributed by atoms with Crippen LogP contribution >= 0.6 is 11.6 Å². The smallest absolute Gasteiger partial charge is 0.336 e. The second-order valence-electron chi connectivity index (χ2n) is 13.1. The van der Waals surface area contributed by atoms with Crippen LogP contribution in [0, 0.1) is 5.82 Å². The zero-order chi connectivity index (χ0) is 34.6. The molecule has 0 unspecified atom stereocenters. The highest BCUT2D eigenvalue weighted by Crippen LogP contribution is 2.40. The number of carbonyl (C=O) groups excluding carboxylic acids is 1. The number of nitrogens with two attached hydrogens (primary N) is 1. The lowest BCUT2D eigenvalue weighted by Gasteiger charge is -2.35. The van der Waals surface area contributed by atoms with E-state index in [1.165, 1.54) is 12.1 Å². The summed E-state index contributed by atoms with van der Waals surface area (Å²) in [5.74, 6) is -1.11. The third kappa shape index (κ3) is 7.96. The number of benzene rings is 2. The van der Waals surface area contributed by atoms with Crippen LogP contribution in [0.3, 0.4) is 0 Å². The number of nitrogens with zero attached hydrogens (tertiary/aromatic N) is 5. The molecule has 10 nitrogen and oxygen atoms in total. The third-order valence-electron chi connectivity index (χ3n) is 8.72. The van der Waals surface area contributed by atoms with Gasteiger partial charge in [-0.05, 0) is 74.2 Å². The maximum atomic E-state index is 14.3. The number of pyridine rings is 1. The van der Waals surface area contributed by atoms with Crippen molar-refractivity contribution < 1.29 is 23.8 Å². The molecule has 2 aromatic carbocycles. The Kier molecular flexibility index (Phi) is 10.7. The zero-order valence-electron chi connectivity index (χ0n) is 27.7. The molecule has 0 bridgehead atoms. The highest BCUT2D eigenvalue weighted by molar-refractivity contribution is 6.30. The van der Waals surface area contributed by atoms with Gasteiger partial charge in [0.05, 0.1) is 42.0 Å². The molecule has 0 saturated carbocycles. The van der Waals surface area contributed by atoms with Crippen LogP contribution < -0.4 is 15.4 Å². The predicted octanol–water partition coefficient (Wildman–Crippen LogP) is 6.66. The number of likely N-dealkylation sites (tertiary alicyclic amines) is 1. The number of anilines is 2. The summed E-state index contributed by atoms with van der Waals surface area (Å²) in [4.78, 5) is 39.3. The number of aromatic carboxylic acids is 1. The summed E-state index contributed by atoms with van der Waals surface area (Å²) in [6.07, 6.45) is 5.00. The Morgan fingerprint density at radius 3 is 2.56 bits per heavy atom. The lowest BCUT2D eigenvalue weighted by Crippen LogP contribution is -2.44. The van der Waals surface area contributed by atoms with Gasteiger partial charge in [-0.3, -0.25) is 9.69 Å². The molecule has 0 spiro atoms. The highest BCUT2D eigenvalue weighted by atomic mass is 35.5. The van der Waals surface area contributed by atoms with Crippen molar-refractivity contribution in [2.24, 2.45) is 0 Å². The number of aromatic nitrogens is 3. The van der Waals surface area contributed by atoms with Crippen LogP contribution in [0.15, 0.2) is 61.1 Å². The van der Waals surface area contributed by atoms with Crippen molar-refractivity contribution in [2.45, 2.75) is 71.6 Å². The molecule has 48 heavy (non-hydrogen) atoms. The Morgan fingerprint density at radius 1 is 1.15 bits per heavy atom. The van der Waals surface area contributed by atoms with Crippen molar-refractivity contribution in [3.8, 4) is 5.88 Å². The van der Waals surface area contributed by atoms with Crippen LogP contribution in [0.5, 0.6) is 5.88 Å². The van der Waals surface area contributed by atoms with E-state index in [2.05, 4.69) is 9.88 Å². The number of rotatable bonds is 11. The van der Waals surface area contributed by atoms with E-state index in [4.69, 9.17) is 27.1 Å². The minimum absolute atomic E-state index is 0.0341. The average Bonchev–Trinajstić information content (AvgIpc) is 3.50. The van der Waals surface area contributed by atoms with Gasteiger partial charge in [0, 0.05) is 41.0 Å². The summed E-state index contributed by atoms with van der Waals surface area (Å²) >= 11 is 5.86. The van der Waals surface area contributed by atoms with Crippen molar-refractivity contribution in [3.63, 3.8) is 0 Å². The first-order valence-corrected chi connectivity index (χ1v) is 16.4. The van der Waals surface area contributed by atoms with E-state index in [9.17, 15) is 19.1 Å². The van der Waals surface area contributed by atoms with Gasteiger partial charge in [0.2, 0.25) is 11.8 Å². The lowest BCUT2D eigenvalue weighted by molar-refractivity contribution is -0.120. The SMILES string of the molecule is CCn1cncc1CN(C(=O)CN1CCC(c2cccc(OCc3ccc(Cl)cc3F)n2)CC1)c1c(N)ccc(C(=O)O)c1C(C)(C)C. The van der Waals surface area contributed by atoms with Crippen LogP contribution in [0.2, 0.25) is 5.02 Å². The van der Waals surface area contributed by atoms with Gasteiger partial charge in [0.25, 0.3) is 0 Å². The number of aryl methyl sites for hydroxylation is 1. The Balaban J connectivity index is 1.32. The summed E-state index contributed by atoms with van der Waals surface area (Å²) in [7, 11) is 0. The first-order valence-electron chi connectivity index (χ1n) is 16.1. The standard InChI is InChI=1S/C36H42ClFN6O4/c1-5-43-22-40-18-26(43)19-44(34-29(39)12-11-27(35(46)47)33(34)36(2,3)4)32(45)20-42-15-13-23(14-16-42)30-7-6-8-31(41-30)48-21-24-9-10-25(37)17-28(24)38/h6-12,17-18,22-23H,5,13-16,19-21,39H2,1-4H3,(H,46,47). The van der Waals surface area contributed by atoms with Crippen LogP contribution in [-0.4, -0.2) is 56.1 Å². The summed E-state index contributed by atoms with van der Waals surface area (Å²) in [5.41, 5.74) is 9.42. The van der Waals surface area contributed by atoms with Crippen LogP contribution in [0.4, 0.5) is 15.8 Å². The van der Waals surface area contributed by atoms with Gasteiger partial charge in [-0.25, -0.2) is 19.2 Å². The Labute approximate surface area is 285 Å². The highest BCUT2D eigenvalue weighted by Gasteiger charge is 2.33. The van der Waals surface area contributed by atoms with Gasteiger partial charge in [-0.1, -0.05) is 44.5 Å². The third-order valence-corrected chi connectivity index (χ3v) is 8.96. The number of carboxylic acids is 1. The quantitative estimate of drug-likeness (QED) is 0.169. The number of carboxylic acid groups (broad SMARTS) is 1. The van der Waals surface area contributed by atoms with Gasteiger partial charge in [0.15, 0.2) is 0 Å². The average molecular weight is 677 g/mol. The number of ether oxygens (including phenoxy) is 1. The fourth-order valence-corrected chi connectivity index (χ4v) is 6.41. The summed E-state index contributed by atoms with van der Waals surface area (Å²) in [6, 6.07) is 13.1. The van der Waals surface area contributed by atoms with Crippen molar-refractivity contribution in [2.75, 3.05) is 30.3 Å².